The van der Waals surface area contributed by atoms with Gasteiger partial charge in [0.05, 0.1) is 0 Å². The predicted octanol–water partition coefficient (Wildman–Crippen LogP) is 3.59. The van der Waals surface area contributed by atoms with Crippen molar-refractivity contribution >= 4 is 0 Å². The monoisotopic (exact) mass is 221 g/mol. The molecule has 0 atom stereocenters. The molecule has 1 fully saturated rings. The van der Waals surface area contributed by atoms with Gasteiger partial charge in [0.2, 0.25) is 0 Å². The fourth-order valence-corrected chi connectivity index (χ4v) is 2.35. The minimum atomic E-state index is -0.0709. The summed E-state index contributed by atoms with van der Waals surface area (Å²) in [7, 11) is 0. The lowest BCUT2D eigenvalue weighted by atomic mass is 10.0. The summed E-state index contributed by atoms with van der Waals surface area (Å²) in [6.07, 6.45) is 4.33. The minimum Gasteiger partial charge on any atom is -0.305 e. The van der Waals surface area contributed by atoms with E-state index >= 15 is 0 Å². The van der Waals surface area contributed by atoms with Crippen molar-refractivity contribution in [2.75, 3.05) is 0 Å². The van der Waals surface area contributed by atoms with Crippen molar-refractivity contribution in [1.82, 2.24) is 5.32 Å². The highest BCUT2D eigenvalue weighted by Crippen LogP contribution is 2.47. The number of nitrogens with one attached hydrogen (secondary N) is 1. The molecule has 1 nitrogen and oxygen atoms in total. The molecule has 88 valence electrons. The van der Waals surface area contributed by atoms with Crippen LogP contribution < -0.4 is 5.32 Å². The zero-order valence-corrected chi connectivity index (χ0v) is 10.1. The molecule has 0 amide bonds. The van der Waals surface area contributed by atoms with Gasteiger partial charge in [0, 0.05) is 17.1 Å². The first-order valence-corrected chi connectivity index (χ1v) is 6.24. The Kier molecular flexibility index (Phi) is 3.29. The van der Waals surface area contributed by atoms with E-state index in [1.54, 1.807) is 12.1 Å². The summed E-state index contributed by atoms with van der Waals surface area (Å²) in [5.41, 5.74) is 0.782. The molecule has 2 rings (SSSR count). The highest BCUT2D eigenvalue weighted by molar-refractivity contribution is 5.31. The largest absolute Gasteiger partial charge is 0.305 e. The molecule has 1 N–H and O–H groups in total. The lowest BCUT2D eigenvalue weighted by Gasteiger charge is -2.24. The van der Waals surface area contributed by atoms with Crippen LogP contribution in [0.5, 0.6) is 0 Å². The highest BCUT2D eigenvalue weighted by atomic mass is 19.1. The van der Waals surface area contributed by atoms with E-state index in [1.807, 2.05) is 12.1 Å². The summed E-state index contributed by atoms with van der Waals surface area (Å²) in [4.78, 5) is 0. The van der Waals surface area contributed by atoms with E-state index in [4.69, 9.17) is 0 Å². The number of hydrogen-bond acceptors (Lipinski definition) is 1. The third kappa shape index (κ3) is 2.12. The maximum absolute atomic E-state index is 13.7. The molecule has 0 radical (unpaired) electrons. The molecule has 1 aliphatic rings. The molecule has 2 heteroatoms. The number of hydrogen-bond donors (Lipinski definition) is 1. The van der Waals surface area contributed by atoms with Crippen LogP contribution in [-0.2, 0) is 5.54 Å². The van der Waals surface area contributed by atoms with E-state index in [-0.39, 0.29) is 11.4 Å². The first kappa shape index (κ1) is 11.6. The molecular formula is C14H20FN. The average Bonchev–Trinajstić information content (AvgIpc) is 3.07. The lowest BCUT2D eigenvalue weighted by molar-refractivity contribution is 0.389. The maximum atomic E-state index is 13.7. The molecule has 0 spiro atoms. The molecule has 0 heterocycles. The van der Waals surface area contributed by atoms with Crippen molar-refractivity contribution < 1.29 is 4.39 Å². The van der Waals surface area contributed by atoms with Gasteiger partial charge in [-0.3, -0.25) is 0 Å². The first-order valence-electron chi connectivity index (χ1n) is 6.24. The Morgan fingerprint density at radius 3 is 2.38 bits per heavy atom. The van der Waals surface area contributed by atoms with E-state index in [9.17, 15) is 4.39 Å². The van der Waals surface area contributed by atoms with E-state index < -0.39 is 0 Å². The zero-order valence-electron chi connectivity index (χ0n) is 10.1. The summed E-state index contributed by atoms with van der Waals surface area (Å²) in [5, 5.41) is 3.62. The standard InChI is InChI=1S/C14H20FN/c1-3-11(4-2)16-14(9-10-14)12-7-5-6-8-13(12)15/h5-8,11,16H,3-4,9-10H2,1-2H3. The number of rotatable bonds is 5. The van der Waals surface area contributed by atoms with Crippen molar-refractivity contribution in [3.63, 3.8) is 0 Å². The predicted molar refractivity (Wildman–Crippen MR) is 64.8 cm³/mol. The first-order chi connectivity index (χ1) is 7.72. The van der Waals surface area contributed by atoms with Crippen molar-refractivity contribution in [2.24, 2.45) is 0 Å². The van der Waals surface area contributed by atoms with E-state index in [0.29, 0.717) is 6.04 Å². The zero-order chi connectivity index (χ0) is 11.6. The van der Waals surface area contributed by atoms with E-state index in [2.05, 4.69) is 19.2 Å². The third-order valence-electron chi connectivity index (χ3n) is 3.61. The lowest BCUT2D eigenvalue weighted by Crippen LogP contribution is -2.38. The molecule has 0 bridgehead atoms. The Hall–Kier alpha value is -0.890. The van der Waals surface area contributed by atoms with Gasteiger partial charge in [-0.2, -0.15) is 0 Å². The molecule has 1 aromatic carbocycles. The van der Waals surface area contributed by atoms with Gasteiger partial charge in [-0.25, -0.2) is 4.39 Å². The fourth-order valence-electron chi connectivity index (χ4n) is 2.35. The van der Waals surface area contributed by atoms with Gasteiger partial charge in [-0.1, -0.05) is 32.0 Å². The molecule has 0 aromatic heterocycles. The summed E-state index contributed by atoms with van der Waals surface area (Å²) >= 11 is 0. The van der Waals surface area contributed by atoms with Crippen LogP contribution in [0.25, 0.3) is 0 Å². The van der Waals surface area contributed by atoms with Gasteiger partial charge < -0.3 is 5.32 Å². The molecule has 0 unspecified atom stereocenters. The van der Waals surface area contributed by atoms with Crippen LogP contribution in [0.3, 0.4) is 0 Å². The maximum Gasteiger partial charge on any atom is 0.128 e. The normalized spacial score (nSPS) is 17.8. The minimum absolute atomic E-state index is 0.0674. The van der Waals surface area contributed by atoms with Crippen molar-refractivity contribution in [3.8, 4) is 0 Å². The van der Waals surface area contributed by atoms with Crippen LogP contribution in [0.1, 0.15) is 45.1 Å². The van der Waals surface area contributed by atoms with Crippen LogP contribution in [0.15, 0.2) is 24.3 Å². The Morgan fingerprint density at radius 2 is 1.88 bits per heavy atom. The number of benzene rings is 1. The second-order valence-corrected chi connectivity index (χ2v) is 4.72. The summed E-state index contributed by atoms with van der Waals surface area (Å²) in [6.45, 7) is 4.36. The third-order valence-corrected chi connectivity index (χ3v) is 3.61. The SMILES string of the molecule is CCC(CC)NC1(c2ccccc2F)CC1. The van der Waals surface area contributed by atoms with Crippen LogP contribution in [0.2, 0.25) is 0 Å². The summed E-state index contributed by atoms with van der Waals surface area (Å²) in [5.74, 6) is -0.0709. The van der Waals surface area contributed by atoms with Gasteiger partial charge in [0.1, 0.15) is 5.82 Å². The topological polar surface area (TPSA) is 12.0 Å². The van der Waals surface area contributed by atoms with Crippen molar-refractivity contribution in [2.45, 2.75) is 51.1 Å². The Labute approximate surface area is 97.1 Å². The Bertz CT molecular complexity index is 354. The summed E-state index contributed by atoms with van der Waals surface area (Å²) < 4.78 is 13.7. The van der Waals surface area contributed by atoms with Gasteiger partial charge in [0.25, 0.3) is 0 Å². The van der Waals surface area contributed by atoms with E-state index in [1.165, 1.54) is 0 Å². The quantitative estimate of drug-likeness (QED) is 0.801. The van der Waals surface area contributed by atoms with Crippen LogP contribution in [0, 0.1) is 5.82 Å². The second kappa shape index (κ2) is 4.54. The van der Waals surface area contributed by atoms with Gasteiger partial charge in [-0.15, -0.1) is 0 Å². The van der Waals surface area contributed by atoms with Crippen molar-refractivity contribution in [1.29, 1.82) is 0 Å². The Balaban J connectivity index is 2.17. The number of halogens is 1. The smallest absolute Gasteiger partial charge is 0.128 e. The van der Waals surface area contributed by atoms with Gasteiger partial charge >= 0.3 is 0 Å². The molecule has 0 aliphatic heterocycles. The second-order valence-electron chi connectivity index (χ2n) is 4.72. The summed E-state index contributed by atoms with van der Waals surface area (Å²) in [6, 6.07) is 7.66. The molecule has 1 aromatic rings. The Morgan fingerprint density at radius 1 is 1.25 bits per heavy atom. The average molecular weight is 221 g/mol. The van der Waals surface area contributed by atoms with Crippen LogP contribution in [-0.4, -0.2) is 6.04 Å². The van der Waals surface area contributed by atoms with Gasteiger partial charge in [-0.05, 0) is 31.7 Å². The fraction of sp³-hybridized carbons (Fsp3) is 0.571. The molecule has 1 aliphatic carbocycles. The molecule has 1 saturated carbocycles. The molecular weight excluding hydrogens is 201 g/mol. The van der Waals surface area contributed by atoms with E-state index in [0.717, 1.165) is 31.2 Å². The van der Waals surface area contributed by atoms with Crippen molar-refractivity contribution in [3.05, 3.63) is 35.6 Å². The molecule has 16 heavy (non-hydrogen) atoms. The van der Waals surface area contributed by atoms with Crippen LogP contribution in [0.4, 0.5) is 4.39 Å². The van der Waals surface area contributed by atoms with Crippen LogP contribution >= 0.6 is 0 Å². The van der Waals surface area contributed by atoms with Gasteiger partial charge in [0.15, 0.2) is 0 Å². The molecule has 0 saturated heterocycles. The highest BCUT2D eigenvalue weighted by Gasteiger charge is 2.46.